The Kier molecular flexibility index (Phi) is 3.35. The fraction of sp³-hybridized carbons (Fsp3) is 0.600. The monoisotopic (exact) mass is 264 g/mol. The van der Waals surface area contributed by atoms with Crippen LogP contribution in [-0.2, 0) is 0 Å². The lowest BCUT2D eigenvalue weighted by Gasteiger charge is -2.39. The molecule has 0 radical (unpaired) electrons. The maximum Gasteiger partial charge on any atom is 0.0441 e. The minimum absolute atomic E-state index is 0.436. The van der Waals surface area contributed by atoms with Gasteiger partial charge < -0.3 is 10.2 Å². The van der Waals surface area contributed by atoms with Crippen molar-refractivity contribution in [1.29, 1.82) is 0 Å². The van der Waals surface area contributed by atoms with Gasteiger partial charge >= 0.3 is 0 Å². The summed E-state index contributed by atoms with van der Waals surface area (Å²) in [6.07, 6.45) is 2.54. The molecule has 18 heavy (non-hydrogen) atoms. The maximum atomic E-state index is 6.42. The number of likely N-dealkylation sites (N-methyl/N-ethyl adjacent to an activating group) is 1. The first-order valence-electron chi connectivity index (χ1n) is 6.85. The van der Waals surface area contributed by atoms with Crippen molar-refractivity contribution in [3.63, 3.8) is 0 Å². The van der Waals surface area contributed by atoms with Crippen molar-refractivity contribution in [1.82, 2.24) is 10.2 Å². The van der Waals surface area contributed by atoms with Gasteiger partial charge in [0.25, 0.3) is 0 Å². The second-order valence-electron chi connectivity index (χ2n) is 5.88. The highest BCUT2D eigenvalue weighted by Crippen LogP contribution is 2.49. The van der Waals surface area contributed by atoms with Crippen LogP contribution >= 0.6 is 11.6 Å². The van der Waals surface area contributed by atoms with Gasteiger partial charge in [-0.3, -0.25) is 0 Å². The van der Waals surface area contributed by atoms with Crippen molar-refractivity contribution in [2.75, 3.05) is 33.2 Å². The van der Waals surface area contributed by atoms with E-state index in [4.69, 9.17) is 11.6 Å². The molecule has 2 aliphatic rings. The number of piperidine rings is 1. The lowest BCUT2D eigenvalue weighted by atomic mass is 9.69. The highest BCUT2D eigenvalue weighted by Gasteiger charge is 2.46. The molecule has 0 aromatic heterocycles. The molecule has 2 saturated heterocycles. The van der Waals surface area contributed by atoms with Crippen LogP contribution in [0.1, 0.15) is 24.3 Å². The van der Waals surface area contributed by atoms with E-state index in [-0.39, 0.29) is 0 Å². The van der Waals surface area contributed by atoms with Gasteiger partial charge in [-0.2, -0.15) is 0 Å². The average molecular weight is 265 g/mol. The molecule has 98 valence electrons. The number of halogens is 1. The Morgan fingerprint density at radius 2 is 2.00 bits per heavy atom. The van der Waals surface area contributed by atoms with Crippen molar-refractivity contribution >= 4 is 11.6 Å². The quantitative estimate of drug-likeness (QED) is 0.839. The summed E-state index contributed by atoms with van der Waals surface area (Å²) in [4.78, 5) is 2.47. The first-order valence-corrected chi connectivity index (χ1v) is 7.23. The van der Waals surface area contributed by atoms with Crippen LogP contribution in [-0.4, -0.2) is 38.1 Å². The first-order chi connectivity index (χ1) is 8.71. The average Bonchev–Trinajstić information content (AvgIpc) is 2.67. The third-order valence-corrected chi connectivity index (χ3v) is 5.04. The molecule has 1 aromatic rings. The number of nitrogens with zero attached hydrogens (tertiary/aromatic N) is 1. The van der Waals surface area contributed by atoms with Crippen LogP contribution in [0.5, 0.6) is 0 Å². The van der Waals surface area contributed by atoms with Gasteiger partial charge in [0.15, 0.2) is 0 Å². The molecule has 2 nitrogen and oxygen atoms in total. The van der Waals surface area contributed by atoms with Crippen LogP contribution in [0, 0.1) is 5.41 Å². The predicted octanol–water partition coefficient (Wildman–Crippen LogP) is 2.74. The van der Waals surface area contributed by atoms with Gasteiger partial charge in [0, 0.05) is 24.0 Å². The molecular formula is C15H21ClN2. The third-order valence-electron chi connectivity index (χ3n) is 4.70. The molecule has 0 aliphatic carbocycles. The molecule has 1 spiro atoms. The topological polar surface area (TPSA) is 15.3 Å². The van der Waals surface area contributed by atoms with E-state index in [9.17, 15) is 0 Å². The molecule has 1 unspecified atom stereocenters. The normalized spacial score (nSPS) is 27.8. The summed E-state index contributed by atoms with van der Waals surface area (Å²) in [5, 5.41) is 4.43. The zero-order valence-corrected chi connectivity index (χ0v) is 11.7. The summed E-state index contributed by atoms with van der Waals surface area (Å²) in [5.74, 6) is 0.596. The van der Waals surface area contributed by atoms with Crippen molar-refractivity contribution < 1.29 is 0 Å². The van der Waals surface area contributed by atoms with E-state index in [0.29, 0.717) is 11.3 Å². The third kappa shape index (κ3) is 2.07. The Hall–Kier alpha value is -0.570. The Labute approximate surface area is 114 Å². The molecule has 1 aromatic carbocycles. The summed E-state index contributed by atoms with van der Waals surface area (Å²) in [6.45, 7) is 4.65. The lowest BCUT2D eigenvalue weighted by molar-refractivity contribution is 0.187. The largest absolute Gasteiger partial charge is 0.317 e. The number of benzene rings is 1. The Bertz CT molecular complexity index is 426. The van der Waals surface area contributed by atoms with E-state index in [1.54, 1.807) is 0 Å². The molecule has 3 heteroatoms. The Morgan fingerprint density at radius 3 is 2.72 bits per heavy atom. The minimum Gasteiger partial charge on any atom is -0.317 e. The fourth-order valence-electron chi connectivity index (χ4n) is 3.83. The predicted molar refractivity (Wildman–Crippen MR) is 76.2 cm³/mol. The van der Waals surface area contributed by atoms with Crippen molar-refractivity contribution in [3.05, 3.63) is 34.9 Å². The van der Waals surface area contributed by atoms with Gasteiger partial charge in [0.1, 0.15) is 0 Å². The van der Waals surface area contributed by atoms with Crippen LogP contribution in [0.25, 0.3) is 0 Å². The lowest BCUT2D eigenvalue weighted by Crippen LogP contribution is -2.41. The molecule has 1 atom stereocenters. The minimum atomic E-state index is 0.436. The summed E-state index contributed by atoms with van der Waals surface area (Å²) >= 11 is 6.42. The molecule has 1 N–H and O–H groups in total. The van der Waals surface area contributed by atoms with Gasteiger partial charge in [0.05, 0.1) is 0 Å². The Morgan fingerprint density at radius 1 is 1.28 bits per heavy atom. The molecule has 3 rings (SSSR count). The van der Waals surface area contributed by atoms with Crippen molar-refractivity contribution in [2.45, 2.75) is 18.8 Å². The number of hydrogen-bond donors (Lipinski definition) is 1. The summed E-state index contributed by atoms with van der Waals surface area (Å²) in [6, 6.07) is 8.40. The second kappa shape index (κ2) is 4.84. The molecule has 0 saturated carbocycles. The van der Waals surface area contributed by atoms with E-state index < -0.39 is 0 Å². The van der Waals surface area contributed by atoms with E-state index in [2.05, 4.69) is 29.4 Å². The highest BCUT2D eigenvalue weighted by atomic mass is 35.5. The molecule has 2 fully saturated rings. The van der Waals surface area contributed by atoms with Crippen LogP contribution in [0.4, 0.5) is 0 Å². The van der Waals surface area contributed by atoms with Crippen molar-refractivity contribution in [3.8, 4) is 0 Å². The van der Waals surface area contributed by atoms with E-state index in [1.807, 2.05) is 12.1 Å². The zero-order valence-electron chi connectivity index (χ0n) is 11.0. The number of hydrogen-bond acceptors (Lipinski definition) is 2. The number of nitrogens with one attached hydrogen (secondary N) is 1. The van der Waals surface area contributed by atoms with Crippen LogP contribution in [0.2, 0.25) is 5.02 Å². The zero-order chi connectivity index (χ0) is 12.6. The highest BCUT2D eigenvalue weighted by molar-refractivity contribution is 6.31. The standard InChI is InChI=1S/C15H21ClN2/c1-18-10-13(12-4-2-3-5-14(12)16)15(11-18)6-8-17-9-7-15/h2-5,13,17H,6-11H2,1H3. The smallest absolute Gasteiger partial charge is 0.0441 e. The van der Waals surface area contributed by atoms with Crippen LogP contribution < -0.4 is 5.32 Å². The molecule has 2 heterocycles. The van der Waals surface area contributed by atoms with Gasteiger partial charge in [-0.25, -0.2) is 0 Å². The fourth-order valence-corrected chi connectivity index (χ4v) is 4.10. The first kappa shape index (κ1) is 12.5. The molecule has 0 bridgehead atoms. The van der Waals surface area contributed by atoms with Crippen molar-refractivity contribution in [2.24, 2.45) is 5.41 Å². The number of likely N-dealkylation sites (tertiary alicyclic amines) is 1. The molecular weight excluding hydrogens is 244 g/mol. The van der Waals surface area contributed by atoms with Gasteiger partial charge in [-0.1, -0.05) is 29.8 Å². The van der Waals surface area contributed by atoms with Crippen LogP contribution in [0.15, 0.2) is 24.3 Å². The van der Waals surface area contributed by atoms with E-state index in [1.165, 1.54) is 24.9 Å². The summed E-state index contributed by atoms with van der Waals surface area (Å²) < 4.78 is 0. The van der Waals surface area contributed by atoms with Gasteiger partial charge in [-0.05, 0) is 50.0 Å². The van der Waals surface area contributed by atoms with E-state index in [0.717, 1.165) is 24.7 Å². The van der Waals surface area contributed by atoms with Gasteiger partial charge in [-0.15, -0.1) is 0 Å². The molecule has 2 aliphatic heterocycles. The van der Waals surface area contributed by atoms with E-state index >= 15 is 0 Å². The Balaban J connectivity index is 1.96. The van der Waals surface area contributed by atoms with Gasteiger partial charge in [0.2, 0.25) is 0 Å². The number of rotatable bonds is 1. The van der Waals surface area contributed by atoms with Crippen LogP contribution in [0.3, 0.4) is 0 Å². The summed E-state index contributed by atoms with van der Waals surface area (Å²) in [5.41, 5.74) is 1.79. The second-order valence-corrected chi connectivity index (χ2v) is 6.29. The summed E-state index contributed by atoms with van der Waals surface area (Å²) in [7, 11) is 2.24. The SMILES string of the molecule is CN1CC(c2ccccc2Cl)C2(CCNCC2)C1. The maximum absolute atomic E-state index is 6.42. The molecule has 0 amide bonds.